The number of hydrogen-bond donors (Lipinski definition) is 2. The van der Waals surface area contributed by atoms with Gasteiger partial charge >= 0.3 is 6.18 Å². The molecule has 1 unspecified atom stereocenters. The summed E-state index contributed by atoms with van der Waals surface area (Å²) in [6.45, 7) is 4.29. The van der Waals surface area contributed by atoms with Crippen molar-refractivity contribution in [2.24, 2.45) is 0 Å². The molecule has 10 heteroatoms. The summed E-state index contributed by atoms with van der Waals surface area (Å²) in [5.74, 6) is 0. The van der Waals surface area contributed by atoms with Crippen LogP contribution in [0.3, 0.4) is 0 Å². The van der Waals surface area contributed by atoms with Gasteiger partial charge in [-0.15, -0.1) is 11.3 Å². The van der Waals surface area contributed by atoms with Crippen LogP contribution in [-0.2, 0) is 10.0 Å². The van der Waals surface area contributed by atoms with E-state index >= 15 is 0 Å². The van der Waals surface area contributed by atoms with Gasteiger partial charge in [-0.2, -0.15) is 17.9 Å². The Labute approximate surface area is 171 Å². The lowest BCUT2D eigenvalue weighted by atomic mass is 10.1. The van der Waals surface area contributed by atoms with Crippen molar-refractivity contribution >= 4 is 37.3 Å². The van der Waals surface area contributed by atoms with Gasteiger partial charge in [-0.25, -0.2) is 13.4 Å². The summed E-state index contributed by atoms with van der Waals surface area (Å²) in [5.41, 5.74) is 4.38. The molecule has 0 radical (unpaired) electrons. The molecular formula is C19H20F3N3O2S2. The first-order valence-corrected chi connectivity index (χ1v) is 11.1. The number of aryl methyl sites for hydroxylation is 3. The largest absolute Gasteiger partial charge is 0.406 e. The quantitative estimate of drug-likeness (QED) is 0.587. The van der Waals surface area contributed by atoms with Gasteiger partial charge in [-0.1, -0.05) is 23.8 Å². The zero-order chi connectivity index (χ0) is 21.4. The van der Waals surface area contributed by atoms with Crippen LogP contribution in [0.15, 0.2) is 40.7 Å². The topological polar surface area (TPSA) is 71.1 Å². The van der Waals surface area contributed by atoms with Gasteiger partial charge < -0.3 is 5.32 Å². The van der Waals surface area contributed by atoms with Crippen LogP contribution in [0.5, 0.6) is 0 Å². The van der Waals surface area contributed by atoms with Gasteiger partial charge in [0.2, 0.25) is 10.0 Å². The Hall–Kier alpha value is -2.17. The minimum Gasteiger partial charge on any atom is -0.382 e. The maximum Gasteiger partial charge on any atom is 0.406 e. The van der Waals surface area contributed by atoms with E-state index in [1.807, 2.05) is 4.72 Å². The fourth-order valence-electron chi connectivity index (χ4n) is 3.30. The molecule has 2 N–H and O–H groups in total. The van der Waals surface area contributed by atoms with E-state index in [1.54, 1.807) is 56.6 Å². The van der Waals surface area contributed by atoms with Crippen LogP contribution < -0.4 is 10.0 Å². The number of anilines is 1. The van der Waals surface area contributed by atoms with E-state index in [4.69, 9.17) is 0 Å². The van der Waals surface area contributed by atoms with Crippen molar-refractivity contribution in [3.05, 3.63) is 52.5 Å². The Kier molecular flexibility index (Phi) is 5.88. The van der Waals surface area contributed by atoms with Gasteiger partial charge in [0.15, 0.2) is 0 Å². The average Bonchev–Trinajstić information content (AvgIpc) is 3.05. The zero-order valence-corrected chi connectivity index (χ0v) is 17.6. The van der Waals surface area contributed by atoms with Crippen molar-refractivity contribution in [3.8, 4) is 0 Å². The number of hydrogen-bond acceptors (Lipinski definition) is 5. The molecular weight excluding hydrogens is 423 g/mol. The smallest absolute Gasteiger partial charge is 0.382 e. The minimum atomic E-state index is -4.77. The molecule has 0 bridgehead atoms. The number of halogens is 3. The molecule has 29 heavy (non-hydrogen) atoms. The van der Waals surface area contributed by atoms with E-state index in [-0.39, 0.29) is 4.90 Å². The van der Waals surface area contributed by atoms with Crippen molar-refractivity contribution in [2.75, 3.05) is 11.9 Å². The fraction of sp³-hybridized carbons (Fsp3) is 0.316. The summed E-state index contributed by atoms with van der Waals surface area (Å²) >= 11 is 1.29. The van der Waals surface area contributed by atoms with E-state index < -0.39 is 28.8 Å². The fourth-order valence-corrected chi connectivity index (χ4v) is 5.75. The second kappa shape index (κ2) is 7.92. The Morgan fingerprint density at radius 2 is 1.79 bits per heavy atom. The standard InChI is InChI=1S/C19H20F3N3O2S2/c1-11-7-12(2)18(13(3)8-11)29(26,27)25-16(19(20,21)22)9-23-14-5-4-6-15-17(14)28-10-24-15/h4-8,10,16,23,25H,9H2,1-3H3. The van der Waals surface area contributed by atoms with Gasteiger partial charge in [0.1, 0.15) is 6.04 Å². The van der Waals surface area contributed by atoms with E-state index in [0.29, 0.717) is 27.0 Å². The Balaban J connectivity index is 1.87. The third-order valence-corrected chi connectivity index (χ3v) is 7.07. The molecule has 0 saturated heterocycles. The van der Waals surface area contributed by atoms with E-state index in [2.05, 4.69) is 10.3 Å². The predicted molar refractivity (Wildman–Crippen MR) is 109 cm³/mol. The number of fused-ring (bicyclic) bond motifs is 1. The molecule has 2 aromatic carbocycles. The summed E-state index contributed by atoms with van der Waals surface area (Å²) in [4.78, 5) is 4.00. The zero-order valence-electron chi connectivity index (χ0n) is 16.0. The first kappa shape index (κ1) is 21.5. The molecule has 5 nitrogen and oxygen atoms in total. The SMILES string of the molecule is Cc1cc(C)c(S(=O)(=O)NC(CNc2cccc3ncsc23)C(F)(F)F)c(C)c1. The number of nitrogens with one attached hydrogen (secondary N) is 2. The van der Waals surface area contributed by atoms with Gasteiger partial charge in [-0.05, 0) is 44.0 Å². The van der Waals surface area contributed by atoms with Gasteiger partial charge in [0.25, 0.3) is 0 Å². The summed E-state index contributed by atoms with van der Waals surface area (Å²) in [5, 5.41) is 2.72. The first-order valence-electron chi connectivity index (χ1n) is 8.72. The first-order chi connectivity index (χ1) is 13.5. The molecule has 1 aromatic heterocycles. The van der Waals surface area contributed by atoms with Crippen molar-refractivity contribution < 1.29 is 21.6 Å². The van der Waals surface area contributed by atoms with Crippen LogP contribution in [0.4, 0.5) is 18.9 Å². The van der Waals surface area contributed by atoms with Crippen molar-refractivity contribution in [2.45, 2.75) is 37.9 Å². The lowest BCUT2D eigenvalue weighted by Crippen LogP contribution is -2.49. The number of sulfonamides is 1. The summed E-state index contributed by atoms with van der Waals surface area (Å²) in [6.07, 6.45) is -4.77. The summed E-state index contributed by atoms with van der Waals surface area (Å²) in [7, 11) is -4.38. The van der Waals surface area contributed by atoms with Gasteiger partial charge in [0, 0.05) is 6.54 Å². The predicted octanol–water partition coefficient (Wildman–Crippen LogP) is 4.54. The van der Waals surface area contributed by atoms with Crippen molar-refractivity contribution in [1.29, 1.82) is 0 Å². The third-order valence-electron chi connectivity index (χ3n) is 4.42. The molecule has 3 aromatic rings. The Morgan fingerprint density at radius 3 is 2.41 bits per heavy atom. The number of benzene rings is 2. The molecule has 3 rings (SSSR count). The lowest BCUT2D eigenvalue weighted by molar-refractivity contribution is -0.148. The number of aromatic nitrogens is 1. The maximum atomic E-state index is 13.6. The number of rotatable bonds is 6. The van der Waals surface area contributed by atoms with E-state index in [9.17, 15) is 21.6 Å². The molecule has 0 amide bonds. The minimum absolute atomic E-state index is 0.123. The second-order valence-electron chi connectivity index (χ2n) is 6.83. The van der Waals surface area contributed by atoms with Crippen LogP contribution in [0, 0.1) is 20.8 Å². The molecule has 156 valence electrons. The number of thiazole rings is 1. The Morgan fingerprint density at radius 1 is 1.14 bits per heavy atom. The molecule has 1 heterocycles. The second-order valence-corrected chi connectivity index (χ2v) is 9.34. The van der Waals surface area contributed by atoms with E-state index in [1.165, 1.54) is 11.3 Å². The van der Waals surface area contributed by atoms with Crippen LogP contribution in [0.2, 0.25) is 0 Å². The van der Waals surface area contributed by atoms with Gasteiger partial charge in [0.05, 0.1) is 26.3 Å². The summed E-state index contributed by atoms with van der Waals surface area (Å²) in [6, 6.07) is 6.03. The van der Waals surface area contributed by atoms with Crippen molar-refractivity contribution in [1.82, 2.24) is 9.71 Å². The summed E-state index contributed by atoms with van der Waals surface area (Å²) < 4.78 is 68.9. The molecule has 0 aliphatic rings. The van der Waals surface area contributed by atoms with E-state index in [0.717, 1.165) is 5.56 Å². The van der Waals surface area contributed by atoms with Crippen LogP contribution in [0.25, 0.3) is 10.2 Å². The normalized spacial score (nSPS) is 13.6. The molecule has 0 fully saturated rings. The van der Waals surface area contributed by atoms with Crippen LogP contribution in [-0.4, -0.2) is 32.2 Å². The highest BCUT2D eigenvalue weighted by Crippen LogP contribution is 2.29. The third kappa shape index (κ3) is 4.71. The van der Waals surface area contributed by atoms with Crippen LogP contribution in [0.1, 0.15) is 16.7 Å². The van der Waals surface area contributed by atoms with Crippen molar-refractivity contribution in [3.63, 3.8) is 0 Å². The molecule has 0 aliphatic heterocycles. The molecule has 0 aliphatic carbocycles. The van der Waals surface area contributed by atoms with Crippen LogP contribution >= 0.6 is 11.3 Å². The molecule has 0 saturated carbocycles. The highest BCUT2D eigenvalue weighted by atomic mass is 32.2. The lowest BCUT2D eigenvalue weighted by Gasteiger charge is -2.23. The molecule has 1 atom stereocenters. The highest BCUT2D eigenvalue weighted by Gasteiger charge is 2.42. The Bertz CT molecular complexity index is 1120. The molecule has 0 spiro atoms. The van der Waals surface area contributed by atoms with Gasteiger partial charge in [-0.3, -0.25) is 0 Å². The maximum absolute atomic E-state index is 13.6. The monoisotopic (exact) mass is 443 g/mol. The number of nitrogens with zero attached hydrogens (tertiary/aromatic N) is 1. The average molecular weight is 444 g/mol. The highest BCUT2D eigenvalue weighted by molar-refractivity contribution is 7.89. The number of alkyl halides is 3.